The van der Waals surface area contributed by atoms with Crippen LogP contribution in [0.4, 0.5) is 0 Å². The van der Waals surface area contributed by atoms with Crippen LogP contribution in [-0.4, -0.2) is 24.8 Å². The van der Waals surface area contributed by atoms with Crippen LogP contribution in [-0.2, 0) is 14.3 Å². The van der Waals surface area contributed by atoms with Crippen LogP contribution >= 0.6 is 0 Å². The fraction of sp³-hybridized carbons (Fsp3) is 0.700. The van der Waals surface area contributed by atoms with Crippen molar-refractivity contribution in [3.8, 4) is 12.3 Å². The molecule has 1 saturated carbocycles. The van der Waals surface area contributed by atoms with Gasteiger partial charge in [0.2, 0.25) is 0 Å². The minimum atomic E-state index is -0.249. The van der Waals surface area contributed by atoms with E-state index in [0.717, 1.165) is 19.3 Å². The molecule has 0 spiro atoms. The topological polar surface area (TPSA) is 35.5 Å². The molecule has 72 valence electrons. The first-order valence-corrected chi connectivity index (χ1v) is 4.46. The van der Waals surface area contributed by atoms with E-state index in [1.807, 2.05) is 0 Å². The zero-order chi connectivity index (χ0) is 9.68. The van der Waals surface area contributed by atoms with Crippen LogP contribution in [0.15, 0.2) is 0 Å². The second-order valence-electron chi connectivity index (χ2n) is 3.13. The molecule has 13 heavy (non-hydrogen) atoms. The van der Waals surface area contributed by atoms with E-state index in [2.05, 4.69) is 5.92 Å². The smallest absolute Gasteiger partial charge is 0.302 e. The van der Waals surface area contributed by atoms with Gasteiger partial charge in [-0.15, -0.1) is 6.42 Å². The molecule has 0 aromatic heterocycles. The maximum Gasteiger partial charge on any atom is 0.302 e. The van der Waals surface area contributed by atoms with E-state index in [0.29, 0.717) is 6.61 Å². The molecule has 0 saturated heterocycles. The first kappa shape index (κ1) is 10.1. The zero-order valence-corrected chi connectivity index (χ0v) is 7.79. The van der Waals surface area contributed by atoms with Crippen LogP contribution in [0.1, 0.15) is 26.2 Å². The van der Waals surface area contributed by atoms with Crippen LogP contribution in [0.2, 0.25) is 0 Å². The van der Waals surface area contributed by atoms with E-state index in [9.17, 15) is 4.79 Å². The Morgan fingerprint density at radius 1 is 1.54 bits per heavy atom. The first-order valence-electron chi connectivity index (χ1n) is 4.46. The van der Waals surface area contributed by atoms with Crippen molar-refractivity contribution in [2.24, 2.45) is 0 Å². The minimum Gasteiger partial charge on any atom is -0.460 e. The minimum absolute atomic E-state index is 0.0000463. The molecule has 0 radical (unpaired) electrons. The van der Waals surface area contributed by atoms with Gasteiger partial charge in [0.25, 0.3) is 0 Å². The number of hydrogen-bond acceptors (Lipinski definition) is 3. The van der Waals surface area contributed by atoms with Crippen molar-refractivity contribution in [2.45, 2.75) is 38.4 Å². The number of hydrogen-bond donors (Lipinski definition) is 0. The average molecular weight is 182 g/mol. The molecule has 0 bridgehead atoms. The van der Waals surface area contributed by atoms with E-state index in [1.165, 1.54) is 6.92 Å². The van der Waals surface area contributed by atoms with Gasteiger partial charge in [-0.05, 0) is 19.3 Å². The van der Waals surface area contributed by atoms with Gasteiger partial charge >= 0.3 is 5.97 Å². The lowest BCUT2D eigenvalue weighted by atomic mass is 10.2. The lowest BCUT2D eigenvalue weighted by Crippen LogP contribution is -2.27. The summed E-state index contributed by atoms with van der Waals surface area (Å²) >= 11 is 0. The van der Waals surface area contributed by atoms with Gasteiger partial charge in [-0.25, -0.2) is 0 Å². The molecule has 0 N–H and O–H groups in total. The molecule has 0 aromatic rings. The van der Waals surface area contributed by atoms with Crippen molar-refractivity contribution in [3.63, 3.8) is 0 Å². The third-order valence-corrected chi connectivity index (χ3v) is 2.09. The van der Waals surface area contributed by atoms with Crippen molar-refractivity contribution in [1.29, 1.82) is 0 Å². The van der Waals surface area contributed by atoms with Gasteiger partial charge in [-0.1, -0.05) is 5.92 Å². The zero-order valence-electron chi connectivity index (χ0n) is 7.79. The Labute approximate surface area is 78.4 Å². The summed E-state index contributed by atoms with van der Waals surface area (Å²) in [4.78, 5) is 10.7. The van der Waals surface area contributed by atoms with E-state index in [4.69, 9.17) is 15.9 Å². The summed E-state index contributed by atoms with van der Waals surface area (Å²) in [6.45, 7) is 1.71. The van der Waals surface area contributed by atoms with Crippen LogP contribution in [0.3, 0.4) is 0 Å². The SMILES string of the molecule is C#CCO[C@@H]1CCC[C@H]1OC(C)=O. The summed E-state index contributed by atoms with van der Waals surface area (Å²) in [7, 11) is 0. The third kappa shape index (κ3) is 3.08. The molecule has 2 atom stereocenters. The van der Waals surface area contributed by atoms with Crippen molar-refractivity contribution in [1.82, 2.24) is 0 Å². The lowest BCUT2D eigenvalue weighted by Gasteiger charge is -2.18. The summed E-state index contributed by atoms with van der Waals surface area (Å²) in [5, 5.41) is 0. The number of ether oxygens (including phenoxy) is 2. The summed E-state index contributed by atoms with van der Waals surface area (Å²) in [6, 6.07) is 0. The third-order valence-electron chi connectivity index (χ3n) is 2.09. The summed E-state index contributed by atoms with van der Waals surface area (Å²) in [5.41, 5.74) is 0. The quantitative estimate of drug-likeness (QED) is 0.484. The van der Waals surface area contributed by atoms with E-state index in [-0.39, 0.29) is 18.2 Å². The number of rotatable bonds is 3. The maximum absolute atomic E-state index is 10.7. The fourth-order valence-electron chi connectivity index (χ4n) is 1.59. The monoisotopic (exact) mass is 182 g/mol. The van der Waals surface area contributed by atoms with E-state index >= 15 is 0 Å². The molecule has 0 aromatic carbocycles. The Bertz CT molecular complexity index is 217. The van der Waals surface area contributed by atoms with Gasteiger partial charge in [-0.3, -0.25) is 4.79 Å². The molecule has 1 aliphatic rings. The van der Waals surface area contributed by atoms with Gasteiger partial charge < -0.3 is 9.47 Å². The predicted molar refractivity (Wildman–Crippen MR) is 48.0 cm³/mol. The predicted octanol–water partition coefficient (Wildman–Crippen LogP) is 1.12. The Hall–Kier alpha value is -1.01. The van der Waals surface area contributed by atoms with Crippen LogP contribution in [0, 0.1) is 12.3 Å². The van der Waals surface area contributed by atoms with Crippen LogP contribution < -0.4 is 0 Å². The Morgan fingerprint density at radius 2 is 2.23 bits per heavy atom. The lowest BCUT2D eigenvalue weighted by molar-refractivity contribution is -0.152. The molecule has 0 amide bonds. The van der Waals surface area contributed by atoms with Gasteiger partial charge in [0, 0.05) is 6.92 Å². The largest absolute Gasteiger partial charge is 0.460 e. The first-order chi connectivity index (χ1) is 6.24. The molecule has 1 aliphatic carbocycles. The highest BCUT2D eigenvalue weighted by molar-refractivity contribution is 5.66. The van der Waals surface area contributed by atoms with Crippen molar-refractivity contribution < 1.29 is 14.3 Å². The Morgan fingerprint density at radius 3 is 2.85 bits per heavy atom. The van der Waals surface area contributed by atoms with Gasteiger partial charge in [0.05, 0.1) is 6.10 Å². The summed E-state index contributed by atoms with van der Waals surface area (Å²) in [6.07, 6.45) is 7.83. The molecule has 3 nitrogen and oxygen atoms in total. The van der Waals surface area contributed by atoms with E-state index in [1.54, 1.807) is 0 Å². The highest BCUT2D eigenvalue weighted by atomic mass is 16.6. The molecule has 1 rings (SSSR count). The summed E-state index contributed by atoms with van der Waals surface area (Å²) in [5.74, 6) is 2.16. The molecular weight excluding hydrogens is 168 g/mol. The second-order valence-corrected chi connectivity index (χ2v) is 3.13. The van der Waals surface area contributed by atoms with Crippen LogP contribution in [0.5, 0.6) is 0 Å². The normalized spacial score (nSPS) is 26.8. The van der Waals surface area contributed by atoms with Gasteiger partial charge in [0.15, 0.2) is 0 Å². The molecule has 0 aliphatic heterocycles. The van der Waals surface area contributed by atoms with Crippen molar-refractivity contribution in [3.05, 3.63) is 0 Å². The number of carbonyl (C=O) groups excluding carboxylic acids is 1. The number of carbonyl (C=O) groups is 1. The summed E-state index contributed by atoms with van der Waals surface area (Å²) < 4.78 is 10.4. The average Bonchev–Trinajstić information content (AvgIpc) is 2.48. The van der Waals surface area contributed by atoms with Crippen molar-refractivity contribution >= 4 is 5.97 Å². The Kier molecular flexibility index (Phi) is 3.78. The Balaban J connectivity index is 2.35. The van der Waals surface area contributed by atoms with Gasteiger partial charge in [0.1, 0.15) is 12.7 Å². The number of esters is 1. The van der Waals surface area contributed by atoms with E-state index < -0.39 is 0 Å². The van der Waals surface area contributed by atoms with Gasteiger partial charge in [-0.2, -0.15) is 0 Å². The van der Waals surface area contributed by atoms with Crippen molar-refractivity contribution in [2.75, 3.05) is 6.61 Å². The fourth-order valence-corrected chi connectivity index (χ4v) is 1.59. The molecule has 0 unspecified atom stereocenters. The standard InChI is InChI=1S/C10H14O3/c1-3-7-12-9-5-4-6-10(9)13-8(2)11/h1,9-10H,4-7H2,2H3/t9-,10-/m1/s1. The molecular formula is C10H14O3. The molecule has 3 heteroatoms. The highest BCUT2D eigenvalue weighted by Crippen LogP contribution is 2.24. The van der Waals surface area contributed by atoms with Crippen LogP contribution in [0.25, 0.3) is 0 Å². The second kappa shape index (κ2) is 4.88. The molecule has 1 fully saturated rings. The molecule has 0 heterocycles. The maximum atomic E-state index is 10.7. The number of terminal acetylenes is 1. The highest BCUT2D eigenvalue weighted by Gasteiger charge is 2.30.